The van der Waals surface area contributed by atoms with E-state index >= 15 is 0 Å². The Hall–Kier alpha value is -3.02. The molecule has 6 nitrogen and oxygen atoms in total. The highest BCUT2D eigenvalue weighted by Gasteiger charge is 2.25. The molecule has 0 saturated carbocycles. The Morgan fingerprint density at radius 2 is 1.66 bits per heavy atom. The lowest BCUT2D eigenvalue weighted by molar-refractivity contribution is -0.139. The zero-order valence-electron chi connectivity index (χ0n) is 17.6. The lowest BCUT2D eigenvalue weighted by atomic mass is 9.96. The summed E-state index contributed by atoms with van der Waals surface area (Å²) in [6, 6.07) is 12.6. The van der Waals surface area contributed by atoms with Crippen LogP contribution in [0.4, 0.5) is 4.79 Å². The first-order valence-electron chi connectivity index (χ1n) is 9.54. The van der Waals surface area contributed by atoms with Gasteiger partial charge in [-0.3, -0.25) is 0 Å². The minimum absolute atomic E-state index is 0.158. The Labute approximate surface area is 171 Å². The molecule has 29 heavy (non-hydrogen) atoms. The number of benzene rings is 2. The van der Waals surface area contributed by atoms with Crippen molar-refractivity contribution in [1.82, 2.24) is 5.32 Å². The summed E-state index contributed by atoms with van der Waals surface area (Å²) in [5.74, 6) is -0.390. The summed E-state index contributed by atoms with van der Waals surface area (Å²) in [6.45, 7) is 9.45. The maximum atomic E-state index is 12.0. The average Bonchev–Trinajstić information content (AvgIpc) is 2.61. The van der Waals surface area contributed by atoms with Crippen LogP contribution in [-0.4, -0.2) is 28.8 Å². The molecule has 0 radical (unpaired) electrons. The molecule has 0 aliphatic heterocycles. The third kappa shape index (κ3) is 7.14. The van der Waals surface area contributed by atoms with E-state index in [-0.39, 0.29) is 6.42 Å². The Balaban J connectivity index is 2.10. The van der Waals surface area contributed by atoms with Crippen LogP contribution in [0.25, 0.3) is 0 Å². The molecule has 2 rings (SSSR count). The third-order valence-corrected chi connectivity index (χ3v) is 4.32. The first-order chi connectivity index (χ1) is 13.5. The van der Waals surface area contributed by atoms with Gasteiger partial charge in [0.2, 0.25) is 0 Å². The van der Waals surface area contributed by atoms with Gasteiger partial charge < -0.3 is 19.9 Å². The quantitative estimate of drug-likeness (QED) is 0.721. The third-order valence-electron chi connectivity index (χ3n) is 4.32. The molecular weight excluding hydrogens is 370 g/mol. The molecule has 0 aliphatic carbocycles. The molecule has 6 heteroatoms. The van der Waals surface area contributed by atoms with Crippen molar-refractivity contribution in [2.24, 2.45) is 0 Å². The molecule has 2 N–H and O–H groups in total. The van der Waals surface area contributed by atoms with Crippen LogP contribution in [0.5, 0.6) is 5.75 Å². The predicted molar refractivity (Wildman–Crippen MR) is 111 cm³/mol. The zero-order chi connectivity index (χ0) is 21.6. The summed E-state index contributed by atoms with van der Waals surface area (Å²) in [4.78, 5) is 23.6. The Bertz CT molecular complexity index is 832. The molecule has 2 aromatic rings. The van der Waals surface area contributed by atoms with Crippen LogP contribution in [0.1, 0.15) is 43.0 Å². The van der Waals surface area contributed by atoms with Crippen LogP contribution in [-0.2, 0) is 22.6 Å². The van der Waals surface area contributed by atoms with Gasteiger partial charge in [-0.2, -0.15) is 0 Å². The highest BCUT2D eigenvalue weighted by atomic mass is 16.6. The maximum Gasteiger partial charge on any atom is 0.408 e. The van der Waals surface area contributed by atoms with E-state index in [9.17, 15) is 14.7 Å². The van der Waals surface area contributed by atoms with Crippen molar-refractivity contribution in [2.75, 3.05) is 0 Å². The van der Waals surface area contributed by atoms with E-state index in [1.54, 1.807) is 20.8 Å². The highest BCUT2D eigenvalue weighted by Crippen LogP contribution is 2.24. The predicted octanol–water partition coefficient (Wildman–Crippen LogP) is 4.40. The minimum atomic E-state index is -1.11. The first-order valence-corrected chi connectivity index (χ1v) is 9.54. The molecule has 0 bridgehead atoms. The second-order valence-electron chi connectivity index (χ2n) is 8.05. The van der Waals surface area contributed by atoms with E-state index in [2.05, 4.69) is 5.32 Å². The number of carboxylic acid groups (broad SMARTS) is 1. The fraction of sp³-hybridized carbons (Fsp3) is 0.391. The van der Waals surface area contributed by atoms with Gasteiger partial charge in [-0.15, -0.1) is 0 Å². The van der Waals surface area contributed by atoms with Crippen molar-refractivity contribution < 1.29 is 24.2 Å². The van der Waals surface area contributed by atoms with E-state index in [0.717, 1.165) is 28.0 Å². The fourth-order valence-corrected chi connectivity index (χ4v) is 2.95. The number of amides is 1. The molecular formula is C23H29NO5. The van der Waals surface area contributed by atoms with Crippen LogP contribution in [0, 0.1) is 13.8 Å². The number of rotatable bonds is 7. The maximum absolute atomic E-state index is 12.0. The molecule has 0 spiro atoms. The number of carboxylic acids is 1. The molecule has 0 aliphatic rings. The van der Waals surface area contributed by atoms with E-state index in [1.165, 1.54) is 0 Å². The molecule has 2 aromatic carbocycles. The van der Waals surface area contributed by atoms with Crippen molar-refractivity contribution in [3.63, 3.8) is 0 Å². The zero-order valence-corrected chi connectivity index (χ0v) is 17.6. The lowest BCUT2D eigenvalue weighted by Gasteiger charge is -2.23. The molecule has 0 fully saturated rings. The van der Waals surface area contributed by atoms with Gasteiger partial charge in [0.05, 0.1) is 0 Å². The second-order valence-corrected chi connectivity index (χ2v) is 8.05. The summed E-state index contributed by atoms with van der Waals surface area (Å²) in [6.07, 6.45) is -0.589. The SMILES string of the molecule is Cc1cc(OCc2ccccc2)cc(C)c1CC(NC(=O)OC(C)(C)C)C(=O)O. The number of aliphatic carboxylic acids is 1. The normalized spacial score (nSPS) is 12.2. The molecule has 1 unspecified atom stereocenters. The van der Waals surface area contributed by atoms with E-state index < -0.39 is 23.7 Å². The van der Waals surface area contributed by atoms with Gasteiger partial charge in [-0.25, -0.2) is 9.59 Å². The molecule has 0 saturated heterocycles. The van der Waals surface area contributed by atoms with Crippen LogP contribution in [0.3, 0.4) is 0 Å². The summed E-state index contributed by atoms with van der Waals surface area (Å²) in [5, 5.41) is 12.0. The van der Waals surface area contributed by atoms with Crippen molar-refractivity contribution in [1.29, 1.82) is 0 Å². The van der Waals surface area contributed by atoms with Gasteiger partial charge >= 0.3 is 12.1 Å². The van der Waals surface area contributed by atoms with Gasteiger partial charge in [-0.1, -0.05) is 30.3 Å². The monoisotopic (exact) mass is 399 g/mol. The van der Waals surface area contributed by atoms with E-state index in [0.29, 0.717) is 6.61 Å². The first kappa shape index (κ1) is 22.3. The summed E-state index contributed by atoms with van der Waals surface area (Å²) in [7, 11) is 0. The van der Waals surface area contributed by atoms with Crippen LogP contribution < -0.4 is 10.1 Å². The number of hydrogen-bond donors (Lipinski definition) is 2. The number of hydrogen-bond acceptors (Lipinski definition) is 4. The topological polar surface area (TPSA) is 84.9 Å². The summed E-state index contributed by atoms with van der Waals surface area (Å²) < 4.78 is 11.1. The van der Waals surface area contributed by atoms with Crippen molar-refractivity contribution >= 4 is 12.1 Å². The summed E-state index contributed by atoms with van der Waals surface area (Å²) in [5.41, 5.74) is 3.05. The second kappa shape index (κ2) is 9.45. The summed E-state index contributed by atoms with van der Waals surface area (Å²) >= 11 is 0. The van der Waals surface area contributed by atoms with Gasteiger partial charge in [0, 0.05) is 6.42 Å². The van der Waals surface area contributed by atoms with Crippen LogP contribution >= 0.6 is 0 Å². The molecule has 156 valence electrons. The van der Waals surface area contributed by atoms with Crippen molar-refractivity contribution in [3.8, 4) is 5.75 Å². The minimum Gasteiger partial charge on any atom is -0.489 e. The van der Waals surface area contributed by atoms with Gasteiger partial charge in [0.1, 0.15) is 24.0 Å². The lowest BCUT2D eigenvalue weighted by Crippen LogP contribution is -2.44. The van der Waals surface area contributed by atoms with E-state index in [1.807, 2.05) is 56.3 Å². The molecule has 0 heterocycles. The number of aryl methyl sites for hydroxylation is 2. The standard InChI is InChI=1S/C23H29NO5/c1-15-11-18(28-14-17-9-7-6-8-10-17)12-16(2)19(15)13-20(21(25)26)24-22(27)29-23(3,4)5/h6-12,20H,13-14H2,1-5H3,(H,24,27)(H,25,26). The highest BCUT2D eigenvalue weighted by molar-refractivity contribution is 5.80. The van der Waals surface area contributed by atoms with Gasteiger partial charge in [-0.05, 0) is 69.0 Å². The van der Waals surface area contributed by atoms with Crippen molar-refractivity contribution in [2.45, 2.75) is 59.3 Å². The Morgan fingerprint density at radius 3 is 2.17 bits per heavy atom. The van der Waals surface area contributed by atoms with Crippen molar-refractivity contribution in [3.05, 3.63) is 64.7 Å². The number of alkyl carbamates (subject to hydrolysis) is 1. The number of carbonyl (C=O) groups excluding carboxylic acids is 1. The van der Waals surface area contributed by atoms with Gasteiger partial charge in [0.25, 0.3) is 0 Å². The largest absolute Gasteiger partial charge is 0.489 e. The molecule has 1 amide bonds. The smallest absolute Gasteiger partial charge is 0.408 e. The Kier molecular flexibility index (Phi) is 7.26. The average molecular weight is 399 g/mol. The van der Waals surface area contributed by atoms with Gasteiger partial charge in [0.15, 0.2) is 0 Å². The number of ether oxygens (including phenoxy) is 2. The number of nitrogens with one attached hydrogen (secondary N) is 1. The van der Waals surface area contributed by atoms with E-state index in [4.69, 9.17) is 9.47 Å². The number of carbonyl (C=O) groups is 2. The molecule has 0 aromatic heterocycles. The Morgan fingerprint density at radius 1 is 1.07 bits per heavy atom. The van der Waals surface area contributed by atoms with Crippen LogP contribution in [0.2, 0.25) is 0 Å². The molecule has 1 atom stereocenters. The van der Waals surface area contributed by atoms with Crippen LogP contribution in [0.15, 0.2) is 42.5 Å². The fourth-order valence-electron chi connectivity index (χ4n) is 2.95.